The number of benzene rings is 3. The van der Waals surface area contributed by atoms with Crippen LogP contribution in [0.25, 0.3) is 0 Å². The van der Waals surface area contributed by atoms with Crippen LogP contribution in [-0.4, -0.2) is 25.2 Å². The summed E-state index contributed by atoms with van der Waals surface area (Å²) in [6.45, 7) is 0.372. The normalized spacial score (nSPS) is 10.6. The summed E-state index contributed by atoms with van der Waals surface area (Å²) in [6, 6.07) is 21.5. The van der Waals surface area contributed by atoms with Crippen LogP contribution in [0.2, 0.25) is 0 Å². The molecule has 0 fully saturated rings. The number of rotatable bonds is 7. The third kappa shape index (κ3) is 5.78. The molecule has 0 saturated carbocycles. The molecule has 3 aromatic rings. The maximum atomic E-state index is 12.1. The van der Waals surface area contributed by atoms with Crippen LogP contribution in [0.15, 0.2) is 82.4 Å². The second kappa shape index (κ2) is 10.4. The van der Waals surface area contributed by atoms with Gasteiger partial charge < -0.3 is 9.47 Å². The summed E-state index contributed by atoms with van der Waals surface area (Å²) in [5.41, 5.74) is 5.26. The molecular formula is C23H19BrN2O4. The topological polar surface area (TPSA) is 77.0 Å². The second-order valence-electron chi connectivity index (χ2n) is 6.23. The van der Waals surface area contributed by atoms with E-state index in [-0.39, 0.29) is 11.9 Å². The van der Waals surface area contributed by atoms with Crippen molar-refractivity contribution >= 4 is 34.0 Å². The molecule has 0 aliphatic rings. The van der Waals surface area contributed by atoms with Gasteiger partial charge in [0.1, 0.15) is 12.4 Å². The third-order valence-electron chi connectivity index (χ3n) is 4.16. The van der Waals surface area contributed by atoms with Gasteiger partial charge in [-0.2, -0.15) is 5.10 Å². The number of hydrogen-bond donors (Lipinski definition) is 1. The molecule has 0 aliphatic heterocycles. The van der Waals surface area contributed by atoms with Crippen LogP contribution in [0.4, 0.5) is 0 Å². The van der Waals surface area contributed by atoms with Crippen molar-refractivity contribution in [2.24, 2.45) is 5.10 Å². The van der Waals surface area contributed by atoms with Gasteiger partial charge in [-0.3, -0.25) is 4.79 Å². The number of nitrogens with zero attached hydrogens (tertiary/aromatic N) is 1. The number of hydrogen-bond acceptors (Lipinski definition) is 5. The lowest BCUT2D eigenvalue weighted by Gasteiger charge is -2.07. The largest absolute Gasteiger partial charge is 0.489 e. The minimum atomic E-state index is -0.368. The average molecular weight is 467 g/mol. The molecule has 1 N–H and O–H groups in total. The lowest BCUT2D eigenvalue weighted by Crippen LogP contribution is -2.18. The minimum Gasteiger partial charge on any atom is -0.489 e. The molecule has 0 bridgehead atoms. The van der Waals surface area contributed by atoms with Crippen LogP contribution in [0.5, 0.6) is 5.75 Å². The van der Waals surface area contributed by atoms with E-state index in [4.69, 9.17) is 4.74 Å². The van der Waals surface area contributed by atoms with Gasteiger partial charge >= 0.3 is 5.97 Å². The first-order chi connectivity index (χ1) is 14.6. The molecule has 0 unspecified atom stereocenters. The second-order valence-corrected chi connectivity index (χ2v) is 7.08. The van der Waals surface area contributed by atoms with Gasteiger partial charge in [0.15, 0.2) is 0 Å². The Hall–Kier alpha value is -3.45. The molecule has 0 aromatic heterocycles. The molecule has 1 amide bonds. The molecule has 0 atom stereocenters. The van der Waals surface area contributed by atoms with Crippen molar-refractivity contribution in [3.8, 4) is 5.75 Å². The summed E-state index contributed by atoms with van der Waals surface area (Å²) in [4.78, 5) is 23.6. The standard InChI is InChI=1S/C23H19BrN2O4/c1-29-23(28)18-10-6-17(7-11-18)15-30-19-12-8-16(9-13-19)14-25-26-22(27)20-4-2-3-5-21(20)24/h2-14H,15H2,1H3,(H,26,27)/b25-14+. The van der Waals surface area contributed by atoms with Crippen LogP contribution < -0.4 is 10.2 Å². The fourth-order valence-corrected chi connectivity index (χ4v) is 3.01. The Morgan fingerprint density at radius 2 is 1.70 bits per heavy atom. The van der Waals surface area contributed by atoms with E-state index in [1.807, 2.05) is 42.5 Å². The Balaban J connectivity index is 1.51. The van der Waals surface area contributed by atoms with Gasteiger partial charge in [-0.1, -0.05) is 24.3 Å². The zero-order valence-electron chi connectivity index (χ0n) is 16.2. The molecule has 0 radical (unpaired) electrons. The zero-order valence-corrected chi connectivity index (χ0v) is 17.8. The van der Waals surface area contributed by atoms with Gasteiger partial charge in [-0.15, -0.1) is 0 Å². The minimum absolute atomic E-state index is 0.295. The van der Waals surface area contributed by atoms with E-state index in [0.29, 0.717) is 28.0 Å². The quantitative estimate of drug-likeness (QED) is 0.314. The van der Waals surface area contributed by atoms with Crippen molar-refractivity contribution in [3.63, 3.8) is 0 Å². The highest BCUT2D eigenvalue weighted by atomic mass is 79.9. The highest BCUT2D eigenvalue weighted by Gasteiger charge is 2.07. The van der Waals surface area contributed by atoms with Crippen LogP contribution >= 0.6 is 15.9 Å². The fraction of sp³-hybridized carbons (Fsp3) is 0.0870. The predicted molar refractivity (Wildman–Crippen MR) is 118 cm³/mol. The van der Waals surface area contributed by atoms with Crippen LogP contribution in [0.3, 0.4) is 0 Å². The molecule has 3 rings (SSSR count). The summed E-state index contributed by atoms with van der Waals surface area (Å²) in [7, 11) is 1.35. The lowest BCUT2D eigenvalue weighted by atomic mass is 10.1. The SMILES string of the molecule is COC(=O)c1ccc(COc2ccc(/C=N/NC(=O)c3ccccc3Br)cc2)cc1. The number of carbonyl (C=O) groups excluding carboxylic acids is 2. The molecular weight excluding hydrogens is 448 g/mol. The Morgan fingerprint density at radius 1 is 1.00 bits per heavy atom. The summed E-state index contributed by atoms with van der Waals surface area (Å²) >= 11 is 3.34. The number of amides is 1. The maximum Gasteiger partial charge on any atom is 0.337 e. The van der Waals surface area contributed by atoms with E-state index in [1.165, 1.54) is 7.11 Å². The summed E-state index contributed by atoms with van der Waals surface area (Å²) in [6.07, 6.45) is 1.56. The molecule has 0 saturated heterocycles. The highest BCUT2D eigenvalue weighted by Crippen LogP contribution is 2.16. The highest BCUT2D eigenvalue weighted by molar-refractivity contribution is 9.10. The number of esters is 1. The summed E-state index contributed by atoms with van der Waals surface area (Å²) in [5, 5.41) is 3.99. The van der Waals surface area contributed by atoms with Crippen molar-refractivity contribution < 1.29 is 19.1 Å². The van der Waals surface area contributed by atoms with Crippen LogP contribution in [-0.2, 0) is 11.3 Å². The first kappa shape index (κ1) is 21.3. The number of halogens is 1. The number of ether oxygens (including phenoxy) is 2. The number of hydrazone groups is 1. The van der Waals surface area contributed by atoms with Gasteiger partial charge in [-0.25, -0.2) is 10.2 Å². The molecule has 6 nitrogen and oxygen atoms in total. The van der Waals surface area contributed by atoms with Gasteiger partial charge in [0.05, 0.1) is 24.5 Å². The van der Waals surface area contributed by atoms with E-state index in [1.54, 1.807) is 36.5 Å². The van der Waals surface area contributed by atoms with Crippen molar-refractivity contribution in [2.45, 2.75) is 6.61 Å². The van der Waals surface area contributed by atoms with E-state index in [9.17, 15) is 9.59 Å². The first-order valence-electron chi connectivity index (χ1n) is 9.05. The monoisotopic (exact) mass is 466 g/mol. The molecule has 7 heteroatoms. The van der Waals surface area contributed by atoms with Crippen molar-refractivity contribution in [2.75, 3.05) is 7.11 Å². The summed E-state index contributed by atoms with van der Waals surface area (Å²) in [5.74, 6) is 0.0330. The molecule has 30 heavy (non-hydrogen) atoms. The van der Waals surface area contributed by atoms with Gasteiger partial charge in [0.2, 0.25) is 0 Å². The Morgan fingerprint density at radius 3 is 2.37 bits per heavy atom. The van der Waals surface area contributed by atoms with Crippen molar-refractivity contribution in [1.29, 1.82) is 0 Å². The van der Waals surface area contributed by atoms with E-state index in [0.717, 1.165) is 11.1 Å². The Labute approximate surface area is 182 Å². The number of nitrogens with one attached hydrogen (secondary N) is 1. The Bertz CT molecular complexity index is 1050. The van der Waals surface area contributed by atoms with Gasteiger partial charge in [0.25, 0.3) is 5.91 Å². The van der Waals surface area contributed by atoms with Crippen molar-refractivity contribution in [3.05, 3.63) is 99.5 Å². The predicted octanol–water partition coefficient (Wildman–Crippen LogP) is 4.58. The molecule has 0 aliphatic carbocycles. The average Bonchev–Trinajstić information content (AvgIpc) is 2.78. The first-order valence-corrected chi connectivity index (χ1v) is 9.84. The van der Waals surface area contributed by atoms with Gasteiger partial charge in [0, 0.05) is 4.47 Å². The van der Waals surface area contributed by atoms with Crippen LogP contribution in [0, 0.1) is 0 Å². The van der Waals surface area contributed by atoms with Crippen molar-refractivity contribution in [1.82, 2.24) is 5.43 Å². The summed E-state index contributed by atoms with van der Waals surface area (Å²) < 4.78 is 11.1. The molecule has 3 aromatic carbocycles. The third-order valence-corrected chi connectivity index (χ3v) is 4.85. The number of methoxy groups -OCH3 is 1. The van der Waals surface area contributed by atoms with Gasteiger partial charge in [-0.05, 0) is 75.6 Å². The van der Waals surface area contributed by atoms with E-state index < -0.39 is 0 Å². The Kier molecular flexibility index (Phi) is 7.34. The van der Waals surface area contributed by atoms with E-state index in [2.05, 4.69) is 31.2 Å². The molecule has 152 valence electrons. The van der Waals surface area contributed by atoms with Crippen LogP contribution in [0.1, 0.15) is 31.8 Å². The zero-order chi connectivity index (χ0) is 21.3. The number of carbonyl (C=O) groups is 2. The fourth-order valence-electron chi connectivity index (χ4n) is 2.54. The van der Waals surface area contributed by atoms with E-state index >= 15 is 0 Å². The molecule has 0 heterocycles. The molecule has 0 spiro atoms. The lowest BCUT2D eigenvalue weighted by molar-refractivity contribution is 0.0600. The smallest absolute Gasteiger partial charge is 0.337 e. The maximum absolute atomic E-state index is 12.1.